The lowest BCUT2D eigenvalue weighted by atomic mass is 10.2. The van der Waals surface area contributed by atoms with E-state index in [-0.39, 0.29) is 0 Å². The molecule has 0 saturated carbocycles. The smallest absolute Gasteiger partial charge is 0.167 e. The van der Waals surface area contributed by atoms with Crippen LogP contribution >= 0.6 is 0 Å². The van der Waals surface area contributed by atoms with Gasteiger partial charge >= 0.3 is 0 Å². The SMILES string of the molecule is C1=CNC([C]2COCCO2)=CC1. The van der Waals surface area contributed by atoms with E-state index >= 15 is 0 Å². The van der Waals surface area contributed by atoms with E-state index in [1.807, 2.05) is 6.20 Å². The first-order chi connectivity index (χ1) is 5.97. The summed E-state index contributed by atoms with van der Waals surface area (Å²) in [5.74, 6) is 0. The molecule has 65 valence electrons. The van der Waals surface area contributed by atoms with Gasteiger partial charge in [-0.25, -0.2) is 0 Å². The minimum Gasteiger partial charge on any atom is -0.375 e. The first kappa shape index (κ1) is 7.83. The predicted octanol–water partition coefficient (Wildman–Crippen LogP) is 0.956. The Bertz CT molecular complexity index is 205. The van der Waals surface area contributed by atoms with Crippen LogP contribution in [-0.4, -0.2) is 19.8 Å². The van der Waals surface area contributed by atoms with Gasteiger partial charge in [0, 0.05) is 5.70 Å². The van der Waals surface area contributed by atoms with E-state index in [2.05, 4.69) is 17.5 Å². The highest BCUT2D eigenvalue weighted by Gasteiger charge is 2.20. The van der Waals surface area contributed by atoms with Gasteiger partial charge in [0.2, 0.25) is 0 Å². The van der Waals surface area contributed by atoms with Crippen LogP contribution in [0.1, 0.15) is 6.42 Å². The van der Waals surface area contributed by atoms with E-state index in [4.69, 9.17) is 9.47 Å². The average molecular weight is 166 g/mol. The Hall–Kier alpha value is -0.800. The summed E-state index contributed by atoms with van der Waals surface area (Å²) in [4.78, 5) is 0. The number of hydrogen-bond donors (Lipinski definition) is 1. The molecule has 2 rings (SSSR count). The molecule has 0 atom stereocenters. The fourth-order valence-electron chi connectivity index (χ4n) is 1.24. The van der Waals surface area contributed by atoms with E-state index in [1.165, 1.54) is 0 Å². The summed E-state index contributed by atoms with van der Waals surface area (Å²) in [5, 5.41) is 3.13. The van der Waals surface area contributed by atoms with Crippen LogP contribution in [0.25, 0.3) is 0 Å². The van der Waals surface area contributed by atoms with Crippen molar-refractivity contribution in [2.24, 2.45) is 0 Å². The maximum Gasteiger partial charge on any atom is 0.167 e. The Morgan fingerprint density at radius 2 is 2.33 bits per heavy atom. The van der Waals surface area contributed by atoms with Crippen LogP contribution in [0.15, 0.2) is 24.0 Å². The van der Waals surface area contributed by atoms with Crippen molar-refractivity contribution in [1.29, 1.82) is 0 Å². The van der Waals surface area contributed by atoms with E-state index in [9.17, 15) is 0 Å². The summed E-state index contributed by atoms with van der Waals surface area (Å²) in [6.45, 7) is 1.96. The van der Waals surface area contributed by atoms with Crippen LogP contribution in [0.4, 0.5) is 0 Å². The zero-order valence-corrected chi connectivity index (χ0v) is 6.88. The van der Waals surface area contributed by atoms with Crippen molar-refractivity contribution in [3.63, 3.8) is 0 Å². The van der Waals surface area contributed by atoms with Crippen molar-refractivity contribution in [2.75, 3.05) is 19.8 Å². The number of dihydropyridines is 1. The van der Waals surface area contributed by atoms with Gasteiger partial charge in [-0.3, -0.25) is 0 Å². The van der Waals surface area contributed by atoms with Gasteiger partial charge in [0.1, 0.15) is 0 Å². The lowest BCUT2D eigenvalue weighted by Gasteiger charge is -2.25. The highest BCUT2D eigenvalue weighted by atomic mass is 16.6. The summed E-state index contributed by atoms with van der Waals surface area (Å²) >= 11 is 0. The fourth-order valence-corrected chi connectivity index (χ4v) is 1.24. The summed E-state index contributed by atoms with van der Waals surface area (Å²) in [7, 11) is 0. The van der Waals surface area contributed by atoms with E-state index in [0.29, 0.717) is 19.8 Å². The van der Waals surface area contributed by atoms with Gasteiger partial charge < -0.3 is 14.8 Å². The first-order valence-electron chi connectivity index (χ1n) is 4.15. The lowest BCUT2D eigenvalue weighted by Crippen LogP contribution is -2.28. The van der Waals surface area contributed by atoms with Gasteiger partial charge in [0.05, 0.1) is 19.8 Å². The van der Waals surface area contributed by atoms with Gasteiger partial charge in [-0.2, -0.15) is 0 Å². The topological polar surface area (TPSA) is 30.5 Å². The Kier molecular flexibility index (Phi) is 2.44. The fraction of sp³-hybridized carbons (Fsp3) is 0.444. The largest absolute Gasteiger partial charge is 0.375 e. The van der Waals surface area contributed by atoms with Gasteiger partial charge in [-0.05, 0) is 12.6 Å². The van der Waals surface area contributed by atoms with Gasteiger partial charge in [0.15, 0.2) is 6.10 Å². The van der Waals surface area contributed by atoms with E-state index < -0.39 is 0 Å². The lowest BCUT2D eigenvalue weighted by molar-refractivity contribution is -0.0207. The van der Waals surface area contributed by atoms with E-state index in [1.54, 1.807) is 0 Å². The number of allylic oxidation sites excluding steroid dienone is 2. The van der Waals surface area contributed by atoms with Gasteiger partial charge in [-0.15, -0.1) is 0 Å². The van der Waals surface area contributed by atoms with Crippen LogP contribution in [0, 0.1) is 6.10 Å². The molecule has 0 aromatic rings. The number of hydrogen-bond acceptors (Lipinski definition) is 3. The minimum absolute atomic E-state index is 0.590. The molecule has 1 fully saturated rings. The van der Waals surface area contributed by atoms with Crippen molar-refractivity contribution in [1.82, 2.24) is 5.32 Å². The Labute approximate surface area is 72.0 Å². The maximum atomic E-state index is 5.44. The molecule has 0 unspecified atom stereocenters. The number of rotatable bonds is 1. The molecule has 0 spiro atoms. The number of nitrogens with one attached hydrogen (secondary N) is 1. The van der Waals surface area contributed by atoms with Crippen molar-refractivity contribution in [2.45, 2.75) is 6.42 Å². The molecule has 2 heterocycles. The standard InChI is InChI=1S/C9H12NO2/c1-2-4-10-8(3-1)9-7-11-5-6-12-9/h2-4,10H,1,5-7H2. The summed E-state index contributed by atoms with van der Waals surface area (Å²) in [6, 6.07) is 0. The summed E-state index contributed by atoms with van der Waals surface area (Å²) in [6.07, 6.45) is 7.98. The average Bonchev–Trinajstić information content (AvgIpc) is 2.21. The van der Waals surface area contributed by atoms with Crippen LogP contribution < -0.4 is 5.32 Å². The molecule has 12 heavy (non-hydrogen) atoms. The summed E-state index contributed by atoms with van der Waals surface area (Å²) in [5.41, 5.74) is 1.05. The second-order valence-corrected chi connectivity index (χ2v) is 2.72. The molecule has 0 aromatic heterocycles. The number of ether oxygens (including phenoxy) is 2. The van der Waals surface area contributed by atoms with Crippen LogP contribution in [0.5, 0.6) is 0 Å². The highest BCUT2D eigenvalue weighted by Crippen LogP contribution is 2.18. The maximum absolute atomic E-state index is 5.44. The zero-order valence-electron chi connectivity index (χ0n) is 6.88. The molecule has 2 aliphatic rings. The van der Waals surface area contributed by atoms with Crippen molar-refractivity contribution >= 4 is 0 Å². The minimum atomic E-state index is 0.590. The normalized spacial score (nSPS) is 24.8. The van der Waals surface area contributed by atoms with Crippen LogP contribution in [0.2, 0.25) is 0 Å². The quantitative estimate of drug-likeness (QED) is 0.629. The monoisotopic (exact) mass is 166 g/mol. The van der Waals surface area contributed by atoms with Gasteiger partial charge in [-0.1, -0.05) is 12.2 Å². The Morgan fingerprint density at radius 1 is 1.33 bits per heavy atom. The Morgan fingerprint density at radius 3 is 3.00 bits per heavy atom. The molecular formula is C9H12NO2. The summed E-state index contributed by atoms with van der Waals surface area (Å²) < 4.78 is 10.7. The second kappa shape index (κ2) is 3.74. The molecule has 0 bridgehead atoms. The molecule has 0 aliphatic carbocycles. The van der Waals surface area contributed by atoms with Crippen molar-refractivity contribution < 1.29 is 9.47 Å². The van der Waals surface area contributed by atoms with Crippen LogP contribution in [-0.2, 0) is 9.47 Å². The highest BCUT2D eigenvalue weighted by molar-refractivity contribution is 5.24. The third-order valence-electron chi connectivity index (χ3n) is 1.85. The van der Waals surface area contributed by atoms with Crippen LogP contribution in [0.3, 0.4) is 0 Å². The van der Waals surface area contributed by atoms with E-state index in [0.717, 1.165) is 18.2 Å². The molecular weight excluding hydrogens is 154 g/mol. The van der Waals surface area contributed by atoms with Crippen molar-refractivity contribution in [3.8, 4) is 0 Å². The van der Waals surface area contributed by atoms with Gasteiger partial charge in [0.25, 0.3) is 0 Å². The zero-order chi connectivity index (χ0) is 8.23. The third-order valence-corrected chi connectivity index (χ3v) is 1.85. The Balaban J connectivity index is 1.93. The molecule has 3 nitrogen and oxygen atoms in total. The molecule has 0 aromatic carbocycles. The third kappa shape index (κ3) is 1.68. The molecule has 1 saturated heterocycles. The predicted molar refractivity (Wildman–Crippen MR) is 45.0 cm³/mol. The second-order valence-electron chi connectivity index (χ2n) is 2.72. The molecule has 2 aliphatic heterocycles. The molecule has 0 amide bonds. The first-order valence-corrected chi connectivity index (χ1v) is 4.15. The molecule has 1 radical (unpaired) electrons. The molecule has 1 N–H and O–H groups in total. The molecule has 3 heteroatoms. The van der Waals surface area contributed by atoms with Crippen molar-refractivity contribution in [3.05, 3.63) is 30.2 Å².